The van der Waals surface area contributed by atoms with E-state index in [4.69, 9.17) is 4.74 Å². The van der Waals surface area contributed by atoms with Crippen molar-refractivity contribution in [1.29, 1.82) is 0 Å². The van der Waals surface area contributed by atoms with Crippen molar-refractivity contribution in [3.05, 3.63) is 17.3 Å². The number of anilines is 1. The van der Waals surface area contributed by atoms with Gasteiger partial charge in [0.25, 0.3) is 0 Å². The van der Waals surface area contributed by atoms with Crippen molar-refractivity contribution in [3.8, 4) is 0 Å². The van der Waals surface area contributed by atoms with Gasteiger partial charge in [-0.3, -0.25) is 4.79 Å². The Labute approximate surface area is 158 Å². The van der Waals surface area contributed by atoms with E-state index in [-0.39, 0.29) is 5.41 Å². The van der Waals surface area contributed by atoms with E-state index in [9.17, 15) is 4.79 Å². The van der Waals surface area contributed by atoms with Crippen molar-refractivity contribution < 1.29 is 9.53 Å². The van der Waals surface area contributed by atoms with Gasteiger partial charge in [0.15, 0.2) is 0 Å². The molecule has 2 fully saturated rings. The zero-order valence-electron chi connectivity index (χ0n) is 15.5. The number of aryl methyl sites for hydroxylation is 1. The third kappa shape index (κ3) is 3.07. The van der Waals surface area contributed by atoms with E-state index in [0.717, 1.165) is 67.9 Å². The number of nitrogens with zero attached hydrogens (tertiary/aromatic N) is 4. The average Bonchev–Trinajstić information content (AvgIpc) is 3.22. The number of piperidine rings is 1. The minimum Gasteiger partial charge on any atom is -0.385 e. The van der Waals surface area contributed by atoms with Crippen LogP contribution in [0, 0.1) is 12.3 Å². The second kappa shape index (κ2) is 7.12. The molecule has 4 heterocycles. The van der Waals surface area contributed by atoms with E-state index in [2.05, 4.69) is 32.8 Å². The maximum Gasteiger partial charge on any atom is 0.230 e. The van der Waals surface area contributed by atoms with Crippen molar-refractivity contribution in [2.45, 2.75) is 32.6 Å². The Morgan fingerprint density at radius 2 is 2.19 bits per heavy atom. The number of hydrogen-bond acceptors (Lipinski definition) is 6. The van der Waals surface area contributed by atoms with Crippen LogP contribution in [0.15, 0.2) is 12.4 Å². The normalized spacial score (nSPS) is 23.5. The van der Waals surface area contributed by atoms with E-state index in [1.165, 1.54) is 4.88 Å². The molecule has 7 heteroatoms. The molecule has 0 aliphatic carbocycles. The van der Waals surface area contributed by atoms with E-state index >= 15 is 0 Å². The van der Waals surface area contributed by atoms with Crippen LogP contribution in [-0.2, 0) is 9.53 Å². The molecule has 2 saturated heterocycles. The molecule has 2 aromatic rings. The third-order valence-corrected chi connectivity index (χ3v) is 6.64. The lowest BCUT2D eigenvalue weighted by molar-refractivity contribution is -0.145. The van der Waals surface area contributed by atoms with Crippen LogP contribution >= 0.6 is 11.3 Å². The first-order chi connectivity index (χ1) is 12.6. The zero-order chi connectivity index (χ0) is 18.1. The molecule has 2 aromatic heterocycles. The summed E-state index contributed by atoms with van der Waals surface area (Å²) in [7, 11) is 1.71. The first-order valence-electron chi connectivity index (χ1n) is 9.37. The molecular weight excluding hydrogens is 348 g/mol. The van der Waals surface area contributed by atoms with Gasteiger partial charge in [0.2, 0.25) is 5.91 Å². The van der Waals surface area contributed by atoms with Crippen molar-refractivity contribution in [3.63, 3.8) is 0 Å². The van der Waals surface area contributed by atoms with Crippen LogP contribution in [0.5, 0.6) is 0 Å². The molecule has 0 bridgehead atoms. The molecular formula is C19H26N4O2S. The van der Waals surface area contributed by atoms with Crippen molar-refractivity contribution in [2.24, 2.45) is 5.41 Å². The average molecular weight is 375 g/mol. The number of likely N-dealkylation sites (tertiary alicyclic amines) is 1. The molecule has 2 aliphatic rings. The molecule has 1 amide bonds. The molecule has 0 saturated carbocycles. The van der Waals surface area contributed by atoms with Gasteiger partial charge in [0, 0.05) is 44.8 Å². The van der Waals surface area contributed by atoms with Gasteiger partial charge in [-0.1, -0.05) is 0 Å². The van der Waals surface area contributed by atoms with Gasteiger partial charge in [-0.25, -0.2) is 9.97 Å². The molecule has 2 aliphatic heterocycles. The molecule has 0 N–H and O–H groups in total. The number of fused-ring (bicyclic) bond motifs is 1. The highest BCUT2D eigenvalue weighted by Crippen LogP contribution is 2.42. The fourth-order valence-corrected chi connectivity index (χ4v) is 5.25. The highest BCUT2D eigenvalue weighted by molar-refractivity contribution is 7.18. The molecule has 1 atom stereocenters. The van der Waals surface area contributed by atoms with Crippen molar-refractivity contribution >= 4 is 33.3 Å². The first kappa shape index (κ1) is 17.7. The van der Waals surface area contributed by atoms with E-state index in [0.29, 0.717) is 12.5 Å². The molecule has 6 nitrogen and oxygen atoms in total. The summed E-state index contributed by atoms with van der Waals surface area (Å²) in [6.07, 6.45) is 5.55. The summed E-state index contributed by atoms with van der Waals surface area (Å²) in [6.45, 7) is 6.15. The second-order valence-corrected chi connectivity index (χ2v) is 8.70. The van der Waals surface area contributed by atoms with Crippen LogP contribution in [0.2, 0.25) is 0 Å². The first-order valence-corrected chi connectivity index (χ1v) is 10.2. The van der Waals surface area contributed by atoms with Gasteiger partial charge in [-0.05, 0) is 38.7 Å². The topological polar surface area (TPSA) is 58.6 Å². The van der Waals surface area contributed by atoms with Gasteiger partial charge < -0.3 is 14.5 Å². The number of carbonyl (C=O) groups excluding carboxylic acids is 1. The van der Waals surface area contributed by atoms with Crippen LogP contribution < -0.4 is 4.90 Å². The second-order valence-electron chi connectivity index (χ2n) is 7.47. The minimum atomic E-state index is -0.242. The van der Waals surface area contributed by atoms with Crippen LogP contribution in [0.3, 0.4) is 0 Å². The van der Waals surface area contributed by atoms with E-state index < -0.39 is 0 Å². The number of hydrogen-bond donors (Lipinski definition) is 0. The van der Waals surface area contributed by atoms with Crippen LogP contribution in [0.1, 0.15) is 30.6 Å². The lowest BCUT2D eigenvalue weighted by Gasteiger charge is -2.39. The third-order valence-electron chi connectivity index (χ3n) is 5.69. The molecule has 140 valence electrons. The highest BCUT2D eigenvalue weighted by Gasteiger charge is 2.48. The Bertz CT molecular complexity index is 808. The molecule has 4 rings (SSSR count). The van der Waals surface area contributed by atoms with Crippen molar-refractivity contribution in [1.82, 2.24) is 14.9 Å². The predicted molar refractivity (Wildman–Crippen MR) is 104 cm³/mol. The molecule has 0 aromatic carbocycles. The number of amides is 1. The Kier molecular flexibility index (Phi) is 4.84. The molecule has 0 radical (unpaired) electrons. The summed E-state index contributed by atoms with van der Waals surface area (Å²) in [5.74, 6) is 1.31. The lowest BCUT2D eigenvalue weighted by atomic mass is 9.78. The number of methoxy groups -OCH3 is 1. The monoisotopic (exact) mass is 374 g/mol. The van der Waals surface area contributed by atoms with Gasteiger partial charge in [-0.15, -0.1) is 11.3 Å². The van der Waals surface area contributed by atoms with Crippen molar-refractivity contribution in [2.75, 3.05) is 44.8 Å². The fourth-order valence-electron chi connectivity index (χ4n) is 4.41. The van der Waals surface area contributed by atoms with E-state index in [1.54, 1.807) is 24.8 Å². The van der Waals surface area contributed by atoms with Gasteiger partial charge in [0.1, 0.15) is 17.0 Å². The Morgan fingerprint density at radius 3 is 3.04 bits per heavy atom. The maximum absolute atomic E-state index is 13.2. The van der Waals surface area contributed by atoms with Gasteiger partial charge in [-0.2, -0.15) is 0 Å². The molecule has 26 heavy (non-hydrogen) atoms. The van der Waals surface area contributed by atoms with Crippen LogP contribution in [0.4, 0.5) is 5.82 Å². The maximum atomic E-state index is 13.2. The summed E-state index contributed by atoms with van der Waals surface area (Å²) in [6, 6.07) is 2.17. The molecule has 1 spiro atoms. The number of ether oxygens (including phenoxy) is 1. The standard InChI is InChI=1S/C19H26N4O2S/c1-14-11-15-16(20-13-21-17(15)26-14)23-9-6-19(12-23)5-3-7-22(18(19)24)8-4-10-25-2/h11,13H,3-10,12H2,1-2H3. The number of carbonyl (C=O) groups is 1. The summed E-state index contributed by atoms with van der Waals surface area (Å²) in [5.41, 5.74) is -0.242. The summed E-state index contributed by atoms with van der Waals surface area (Å²) >= 11 is 1.70. The summed E-state index contributed by atoms with van der Waals surface area (Å²) < 4.78 is 5.14. The fraction of sp³-hybridized carbons (Fsp3) is 0.632. The highest BCUT2D eigenvalue weighted by atomic mass is 32.1. The lowest BCUT2D eigenvalue weighted by Crippen LogP contribution is -2.50. The quantitative estimate of drug-likeness (QED) is 0.753. The number of aromatic nitrogens is 2. The Hall–Kier alpha value is -1.73. The number of rotatable bonds is 5. The van der Waals surface area contributed by atoms with Gasteiger partial charge in [0.05, 0.1) is 10.8 Å². The number of thiophene rings is 1. The zero-order valence-corrected chi connectivity index (χ0v) is 16.3. The smallest absolute Gasteiger partial charge is 0.230 e. The molecule has 1 unspecified atom stereocenters. The largest absolute Gasteiger partial charge is 0.385 e. The minimum absolute atomic E-state index is 0.242. The van der Waals surface area contributed by atoms with Crippen LogP contribution in [-0.4, -0.2) is 60.7 Å². The van der Waals surface area contributed by atoms with Gasteiger partial charge >= 0.3 is 0 Å². The Balaban J connectivity index is 1.54. The predicted octanol–water partition coefficient (Wildman–Crippen LogP) is 2.86. The van der Waals surface area contributed by atoms with Crippen LogP contribution in [0.25, 0.3) is 10.2 Å². The summed E-state index contributed by atoms with van der Waals surface area (Å²) in [4.78, 5) is 28.8. The van der Waals surface area contributed by atoms with E-state index in [1.807, 2.05) is 0 Å². The Morgan fingerprint density at radius 1 is 1.31 bits per heavy atom. The summed E-state index contributed by atoms with van der Waals surface area (Å²) in [5, 5.41) is 1.12. The SMILES string of the molecule is COCCCN1CCCC2(CCN(c3ncnc4sc(C)cc34)C2)C1=O.